The van der Waals surface area contributed by atoms with Crippen LogP contribution in [0.1, 0.15) is 36.3 Å². The number of hydrogen-bond donors (Lipinski definition) is 1. The highest BCUT2D eigenvalue weighted by molar-refractivity contribution is 7.13. The molecule has 1 aromatic heterocycles. The largest absolute Gasteiger partial charge is 0.430 e. The van der Waals surface area contributed by atoms with E-state index in [0.717, 1.165) is 12.7 Å². The number of methoxy groups -OCH3 is 1. The van der Waals surface area contributed by atoms with Crippen molar-refractivity contribution in [3.05, 3.63) is 77.1 Å². The van der Waals surface area contributed by atoms with Gasteiger partial charge in [-0.3, -0.25) is 9.59 Å². The van der Waals surface area contributed by atoms with Crippen LogP contribution < -0.4 is 5.32 Å². The summed E-state index contributed by atoms with van der Waals surface area (Å²) in [7, 11) is 0.892. The van der Waals surface area contributed by atoms with Crippen molar-refractivity contribution < 1.29 is 31.9 Å². The molecular formula is C28H27F4N3O3S. The van der Waals surface area contributed by atoms with Crippen molar-refractivity contribution in [3.63, 3.8) is 0 Å². The maximum atomic E-state index is 14.8. The van der Waals surface area contributed by atoms with Crippen LogP contribution in [0.25, 0.3) is 10.6 Å². The zero-order valence-electron chi connectivity index (χ0n) is 21.1. The minimum absolute atomic E-state index is 0.0250. The molecule has 6 nitrogen and oxygen atoms in total. The van der Waals surface area contributed by atoms with Crippen molar-refractivity contribution in [2.24, 2.45) is 5.41 Å². The van der Waals surface area contributed by atoms with Gasteiger partial charge in [-0.15, -0.1) is 11.3 Å². The monoisotopic (exact) mass is 561 g/mol. The van der Waals surface area contributed by atoms with Crippen molar-refractivity contribution >= 4 is 23.2 Å². The molecule has 5 rings (SSSR count). The van der Waals surface area contributed by atoms with Gasteiger partial charge in [-0.05, 0) is 42.0 Å². The third-order valence-electron chi connectivity index (χ3n) is 8.03. The Morgan fingerprint density at radius 1 is 1.15 bits per heavy atom. The zero-order chi connectivity index (χ0) is 27.8. The van der Waals surface area contributed by atoms with Gasteiger partial charge in [-0.2, -0.15) is 13.2 Å². The molecule has 2 saturated heterocycles. The number of carbonyl (C=O) groups excluding carboxylic acids is 2. The number of piperidine rings is 2. The summed E-state index contributed by atoms with van der Waals surface area (Å²) in [6.07, 6.45) is -2.66. The lowest BCUT2D eigenvalue weighted by Gasteiger charge is -2.50. The molecule has 2 aromatic carbocycles. The van der Waals surface area contributed by atoms with Crippen molar-refractivity contribution in [2.45, 2.75) is 37.0 Å². The molecule has 39 heavy (non-hydrogen) atoms. The second-order valence-corrected chi connectivity index (χ2v) is 10.9. The summed E-state index contributed by atoms with van der Waals surface area (Å²) < 4.78 is 63.0. The van der Waals surface area contributed by atoms with Crippen molar-refractivity contribution in [3.8, 4) is 10.6 Å². The van der Waals surface area contributed by atoms with E-state index in [0.29, 0.717) is 30.0 Å². The first kappa shape index (κ1) is 27.3. The Kier molecular flexibility index (Phi) is 7.23. The maximum absolute atomic E-state index is 14.8. The Hall–Kier alpha value is -3.31. The summed E-state index contributed by atoms with van der Waals surface area (Å²) in [6.45, 7) is 0.390. The minimum Gasteiger partial charge on any atom is -0.356 e. The lowest BCUT2D eigenvalue weighted by molar-refractivity contribution is -0.271. The van der Waals surface area contributed by atoms with Gasteiger partial charge in [0.1, 0.15) is 10.8 Å². The SMILES string of the molecule is CO[C@@](C(=O)N1CCC2(CC1)CC(=O)NC[C@H]2c1ccc(F)cc1)(c1cccc(-c2nccs2)c1)C(F)(F)F. The number of amides is 2. The smallest absolute Gasteiger partial charge is 0.356 e. The predicted molar refractivity (Wildman–Crippen MR) is 137 cm³/mol. The van der Waals surface area contributed by atoms with E-state index in [2.05, 4.69) is 10.3 Å². The Morgan fingerprint density at radius 3 is 2.49 bits per heavy atom. The molecule has 2 amide bonds. The van der Waals surface area contributed by atoms with Gasteiger partial charge < -0.3 is 15.0 Å². The Morgan fingerprint density at radius 2 is 1.87 bits per heavy atom. The van der Waals surface area contributed by atoms with Gasteiger partial charge in [0.05, 0.1) is 0 Å². The summed E-state index contributed by atoms with van der Waals surface area (Å²) in [6, 6.07) is 11.7. The van der Waals surface area contributed by atoms with E-state index in [4.69, 9.17) is 4.74 Å². The average molecular weight is 562 g/mol. The number of benzene rings is 2. The van der Waals surface area contributed by atoms with Crippen LogP contribution in [0.2, 0.25) is 0 Å². The van der Waals surface area contributed by atoms with E-state index in [9.17, 15) is 27.2 Å². The second kappa shape index (κ2) is 10.3. The van der Waals surface area contributed by atoms with Crippen LogP contribution in [0.4, 0.5) is 17.6 Å². The molecule has 2 aliphatic heterocycles. The first-order valence-corrected chi connectivity index (χ1v) is 13.4. The first-order chi connectivity index (χ1) is 18.6. The van der Waals surface area contributed by atoms with Gasteiger partial charge in [0.15, 0.2) is 0 Å². The maximum Gasteiger partial charge on any atom is 0.430 e. The summed E-state index contributed by atoms with van der Waals surface area (Å²) in [5.74, 6) is -1.87. The normalized spacial score (nSPS) is 20.9. The minimum atomic E-state index is -5.04. The van der Waals surface area contributed by atoms with Gasteiger partial charge in [-0.1, -0.05) is 30.3 Å². The molecule has 0 radical (unpaired) electrons. The van der Waals surface area contributed by atoms with Crippen LogP contribution in [0.5, 0.6) is 0 Å². The van der Waals surface area contributed by atoms with Gasteiger partial charge in [0.2, 0.25) is 5.91 Å². The Labute approximate surface area is 227 Å². The second-order valence-electron chi connectivity index (χ2n) is 10.0. The van der Waals surface area contributed by atoms with Crippen molar-refractivity contribution in [2.75, 3.05) is 26.7 Å². The molecule has 0 aliphatic carbocycles. The summed E-state index contributed by atoms with van der Waals surface area (Å²) >= 11 is 1.28. The summed E-state index contributed by atoms with van der Waals surface area (Å²) in [5, 5.41) is 5.10. The van der Waals surface area contributed by atoms with Crippen molar-refractivity contribution in [1.29, 1.82) is 0 Å². The standard InChI is InChI=1S/C28H27F4N3O3S/c1-38-27(28(30,31)32,20-4-2-3-19(15-20)24-33-11-14-39-24)25(37)35-12-9-26(10-13-35)16-23(36)34-17-22(26)18-5-7-21(29)8-6-18/h2-8,11,14-15,22H,9-10,12-13,16-17H2,1H3,(H,34,36)/t22-,27+/m0/s1. The fourth-order valence-electron chi connectivity index (χ4n) is 5.97. The number of nitrogens with one attached hydrogen (secondary N) is 1. The molecule has 2 fully saturated rings. The number of alkyl halides is 3. The van der Waals surface area contributed by atoms with Crippen LogP contribution in [-0.4, -0.2) is 54.6 Å². The third-order valence-corrected chi connectivity index (χ3v) is 8.85. The molecule has 2 aliphatic rings. The number of ether oxygens (including phenoxy) is 1. The Balaban J connectivity index is 1.45. The molecule has 2 atom stereocenters. The lowest BCUT2D eigenvalue weighted by Crippen LogP contribution is -2.60. The number of thiazole rings is 1. The highest BCUT2D eigenvalue weighted by Crippen LogP contribution is 2.50. The molecule has 0 bridgehead atoms. The number of rotatable bonds is 5. The molecule has 11 heteroatoms. The lowest BCUT2D eigenvalue weighted by atomic mass is 9.62. The van der Waals surface area contributed by atoms with Gasteiger partial charge in [-0.25, -0.2) is 9.37 Å². The van der Waals surface area contributed by atoms with Gasteiger partial charge >= 0.3 is 6.18 Å². The molecular weight excluding hydrogens is 534 g/mol. The molecule has 1 N–H and O–H groups in total. The topological polar surface area (TPSA) is 71.5 Å². The molecule has 0 saturated carbocycles. The number of hydrogen-bond acceptors (Lipinski definition) is 5. The van der Waals surface area contributed by atoms with Crippen LogP contribution >= 0.6 is 11.3 Å². The summed E-state index contributed by atoms with van der Waals surface area (Å²) in [4.78, 5) is 31.5. The fourth-order valence-corrected chi connectivity index (χ4v) is 6.61. The predicted octanol–water partition coefficient (Wildman–Crippen LogP) is 5.27. The number of aromatic nitrogens is 1. The van der Waals surface area contributed by atoms with Crippen molar-refractivity contribution in [1.82, 2.24) is 15.2 Å². The van der Waals surface area contributed by atoms with E-state index in [1.54, 1.807) is 29.8 Å². The highest BCUT2D eigenvalue weighted by Gasteiger charge is 2.64. The molecule has 0 unspecified atom stereocenters. The van der Waals surface area contributed by atoms with Crippen LogP contribution in [0.15, 0.2) is 60.1 Å². The number of carbonyl (C=O) groups is 2. The van der Waals surface area contributed by atoms with E-state index < -0.39 is 23.1 Å². The fraction of sp³-hybridized carbons (Fsp3) is 0.393. The zero-order valence-corrected chi connectivity index (χ0v) is 21.9. The third kappa shape index (κ3) is 4.82. The number of nitrogens with zero attached hydrogens (tertiary/aromatic N) is 2. The molecule has 3 heterocycles. The Bertz CT molecular complexity index is 1340. The van der Waals surface area contributed by atoms with E-state index in [1.807, 2.05) is 0 Å². The van der Waals surface area contributed by atoms with E-state index in [1.165, 1.54) is 46.6 Å². The number of halogens is 4. The highest BCUT2D eigenvalue weighted by atomic mass is 32.1. The average Bonchev–Trinajstić information content (AvgIpc) is 3.45. The van der Waals surface area contributed by atoms with Crippen LogP contribution in [0.3, 0.4) is 0 Å². The first-order valence-electron chi connectivity index (χ1n) is 12.5. The van der Waals surface area contributed by atoms with Gasteiger partial charge in [0.25, 0.3) is 11.5 Å². The van der Waals surface area contributed by atoms with E-state index in [-0.39, 0.29) is 42.7 Å². The van der Waals surface area contributed by atoms with Gasteiger partial charge in [0, 0.05) is 61.8 Å². The summed E-state index contributed by atoms with van der Waals surface area (Å²) in [5.41, 5.74) is -2.79. The quantitative estimate of drug-likeness (QED) is 0.431. The van der Waals surface area contributed by atoms with E-state index >= 15 is 0 Å². The number of likely N-dealkylation sites (tertiary alicyclic amines) is 1. The van der Waals surface area contributed by atoms with Crippen LogP contribution in [-0.2, 0) is 19.9 Å². The molecule has 1 spiro atoms. The van der Waals surface area contributed by atoms with Crippen LogP contribution in [0, 0.1) is 11.2 Å². The molecule has 3 aromatic rings. The molecule has 206 valence electrons.